The molecule has 0 spiro atoms. The maximum atomic E-state index is 12.4. The van der Waals surface area contributed by atoms with Crippen molar-refractivity contribution in [3.05, 3.63) is 18.2 Å². The van der Waals surface area contributed by atoms with Gasteiger partial charge in [-0.2, -0.15) is 0 Å². The zero-order chi connectivity index (χ0) is 10.8. The minimum Gasteiger partial charge on any atom is -0.497 e. The van der Waals surface area contributed by atoms with Gasteiger partial charge in [-0.15, -0.1) is 0 Å². The summed E-state index contributed by atoms with van der Waals surface area (Å²) >= 11 is 1.76. The lowest BCUT2D eigenvalue weighted by atomic mass is 10.2. The third-order valence-corrected chi connectivity index (χ3v) is 3.73. The van der Waals surface area contributed by atoms with Crippen LogP contribution in [0.15, 0.2) is 23.1 Å². The number of hydrogen-bond donors (Lipinski definition) is 0. The first-order valence-corrected chi connectivity index (χ1v) is 5.81. The molecule has 2 nitrogen and oxygen atoms in total. The lowest BCUT2D eigenvalue weighted by molar-refractivity contribution is 0.414. The van der Waals surface area contributed by atoms with Gasteiger partial charge in [-0.1, -0.05) is 11.8 Å². The van der Waals surface area contributed by atoms with Crippen LogP contribution >= 0.6 is 11.8 Å². The van der Waals surface area contributed by atoms with Crippen molar-refractivity contribution in [1.82, 2.24) is 0 Å². The number of halogens is 1. The van der Waals surface area contributed by atoms with E-state index in [-0.39, 0.29) is 6.67 Å². The Labute approximate surface area is 93.4 Å². The summed E-state index contributed by atoms with van der Waals surface area (Å²) in [5.74, 6) is 0.826. The summed E-state index contributed by atoms with van der Waals surface area (Å²) in [6, 6.07) is 5.95. The SMILES string of the molecule is COc1ccc2c(c1)N(CCF)C(C)S2. The Kier molecular flexibility index (Phi) is 3.05. The quantitative estimate of drug-likeness (QED) is 0.787. The van der Waals surface area contributed by atoms with Crippen molar-refractivity contribution >= 4 is 17.4 Å². The zero-order valence-corrected chi connectivity index (χ0v) is 9.68. The van der Waals surface area contributed by atoms with Crippen molar-refractivity contribution in [3.63, 3.8) is 0 Å². The maximum absolute atomic E-state index is 12.4. The molecule has 1 aromatic rings. The van der Waals surface area contributed by atoms with Crippen molar-refractivity contribution in [2.45, 2.75) is 17.2 Å². The van der Waals surface area contributed by atoms with E-state index in [2.05, 4.69) is 11.8 Å². The number of rotatable bonds is 3. The van der Waals surface area contributed by atoms with Gasteiger partial charge in [0, 0.05) is 17.5 Å². The molecular weight excluding hydrogens is 213 g/mol. The highest BCUT2D eigenvalue weighted by atomic mass is 32.2. The van der Waals surface area contributed by atoms with Crippen LogP contribution in [0.2, 0.25) is 0 Å². The highest BCUT2D eigenvalue weighted by molar-refractivity contribution is 8.00. The highest BCUT2D eigenvalue weighted by Gasteiger charge is 2.26. The van der Waals surface area contributed by atoms with Gasteiger partial charge < -0.3 is 9.64 Å². The molecule has 0 saturated heterocycles. The van der Waals surface area contributed by atoms with Gasteiger partial charge in [-0.25, -0.2) is 4.39 Å². The third kappa shape index (κ3) is 1.91. The topological polar surface area (TPSA) is 12.5 Å². The zero-order valence-electron chi connectivity index (χ0n) is 8.87. The second-order valence-corrected chi connectivity index (χ2v) is 4.79. The molecule has 0 amide bonds. The molecule has 1 heterocycles. The molecule has 1 unspecified atom stereocenters. The largest absolute Gasteiger partial charge is 0.497 e. The third-order valence-electron chi connectivity index (χ3n) is 2.54. The first-order valence-electron chi connectivity index (χ1n) is 4.93. The fourth-order valence-corrected chi connectivity index (χ4v) is 2.94. The molecule has 15 heavy (non-hydrogen) atoms. The minimum atomic E-state index is -0.318. The van der Waals surface area contributed by atoms with E-state index >= 15 is 0 Å². The summed E-state index contributed by atoms with van der Waals surface area (Å²) in [6.07, 6.45) is 0. The van der Waals surface area contributed by atoms with Gasteiger partial charge in [0.05, 0.1) is 18.2 Å². The van der Waals surface area contributed by atoms with Gasteiger partial charge in [0.2, 0.25) is 0 Å². The lowest BCUT2D eigenvalue weighted by Gasteiger charge is -2.22. The first kappa shape index (κ1) is 10.6. The number of methoxy groups -OCH3 is 1. The summed E-state index contributed by atoms with van der Waals surface area (Å²) in [7, 11) is 1.65. The van der Waals surface area contributed by atoms with Gasteiger partial charge in [-0.05, 0) is 19.1 Å². The molecule has 0 aliphatic carbocycles. The Bertz CT molecular complexity index is 358. The number of alkyl halides is 1. The Hall–Kier alpha value is -0.900. The van der Waals surface area contributed by atoms with Crippen LogP contribution in [0.1, 0.15) is 6.92 Å². The van der Waals surface area contributed by atoms with Gasteiger partial charge in [-0.3, -0.25) is 0 Å². The summed E-state index contributed by atoms with van der Waals surface area (Å²) < 4.78 is 17.6. The molecule has 1 aliphatic rings. The van der Waals surface area contributed by atoms with E-state index in [0.717, 1.165) is 11.4 Å². The van der Waals surface area contributed by atoms with Gasteiger partial charge in [0.1, 0.15) is 12.4 Å². The maximum Gasteiger partial charge on any atom is 0.121 e. The molecular formula is C11H14FNOS. The Morgan fingerprint density at radius 2 is 2.33 bits per heavy atom. The first-order chi connectivity index (χ1) is 7.26. The van der Waals surface area contributed by atoms with Crippen LogP contribution in [0, 0.1) is 0 Å². The molecule has 0 fully saturated rings. The van der Waals surface area contributed by atoms with E-state index < -0.39 is 0 Å². The fraction of sp³-hybridized carbons (Fsp3) is 0.455. The second kappa shape index (κ2) is 4.31. The molecule has 1 atom stereocenters. The van der Waals surface area contributed by atoms with E-state index in [0.29, 0.717) is 11.9 Å². The van der Waals surface area contributed by atoms with Crippen molar-refractivity contribution < 1.29 is 9.13 Å². The van der Waals surface area contributed by atoms with Crippen molar-refractivity contribution in [1.29, 1.82) is 0 Å². The van der Waals surface area contributed by atoms with Gasteiger partial charge in [0.15, 0.2) is 0 Å². The fourth-order valence-electron chi connectivity index (χ4n) is 1.78. The van der Waals surface area contributed by atoms with Crippen LogP contribution in [-0.4, -0.2) is 25.7 Å². The predicted octanol–water partition coefficient (Wildman–Crippen LogP) is 2.92. The lowest BCUT2D eigenvalue weighted by Crippen LogP contribution is -2.28. The van der Waals surface area contributed by atoms with Crippen LogP contribution < -0.4 is 9.64 Å². The van der Waals surface area contributed by atoms with Crippen LogP contribution in [0.25, 0.3) is 0 Å². The van der Waals surface area contributed by atoms with E-state index in [1.165, 1.54) is 4.90 Å². The Balaban J connectivity index is 2.32. The predicted molar refractivity (Wildman–Crippen MR) is 61.6 cm³/mol. The molecule has 0 saturated carbocycles. The summed E-state index contributed by atoms with van der Waals surface area (Å²) in [5, 5.41) is 0.308. The Morgan fingerprint density at radius 1 is 1.53 bits per heavy atom. The molecule has 0 aromatic heterocycles. The van der Waals surface area contributed by atoms with Crippen LogP contribution in [0.4, 0.5) is 10.1 Å². The molecule has 1 aromatic carbocycles. The molecule has 0 bridgehead atoms. The highest BCUT2D eigenvalue weighted by Crippen LogP contribution is 2.44. The number of thioether (sulfide) groups is 1. The molecule has 0 radical (unpaired) electrons. The van der Waals surface area contributed by atoms with Crippen LogP contribution in [0.3, 0.4) is 0 Å². The molecule has 2 rings (SSSR count). The van der Waals surface area contributed by atoms with Crippen molar-refractivity contribution in [2.24, 2.45) is 0 Å². The molecule has 0 N–H and O–H groups in total. The average Bonchev–Trinajstić information content (AvgIpc) is 2.55. The number of benzene rings is 1. The average molecular weight is 227 g/mol. The summed E-state index contributed by atoms with van der Waals surface area (Å²) in [5.41, 5.74) is 1.09. The van der Waals surface area contributed by atoms with E-state index in [1.54, 1.807) is 18.9 Å². The van der Waals surface area contributed by atoms with Crippen LogP contribution in [0.5, 0.6) is 5.75 Å². The summed E-state index contributed by atoms with van der Waals surface area (Å²) in [4.78, 5) is 3.28. The van der Waals surface area contributed by atoms with Crippen molar-refractivity contribution in [3.8, 4) is 5.75 Å². The molecule has 1 aliphatic heterocycles. The van der Waals surface area contributed by atoms with Crippen LogP contribution in [-0.2, 0) is 0 Å². The smallest absolute Gasteiger partial charge is 0.121 e. The van der Waals surface area contributed by atoms with Gasteiger partial charge >= 0.3 is 0 Å². The molecule has 4 heteroatoms. The number of ether oxygens (including phenoxy) is 1. The van der Waals surface area contributed by atoms with Gasteiger partial charge in [0.25, 0.3) is 0 Å². The number of anilines is 1. The van der Waals surface area contributed by atoms with E-state index in [1.807, 2.05) is 18.2 Å². The normalized spacial score (nSPS) is 19.1. The molecule has 82 valence electrons. The second-order valence-electron chi connectivity index (χ2n) is 3.43. The standard InChI is InChI=1S/C11H14FNOS/c1-8-13(6-5-12)10-7-9(14-2)3-4-11(10)15-8/h3-4,7-8H,5-6H2,1-2H3. The number of hydrogen-bond acceptors (Lipinski definition) is 3. The number of fused-ring (bicyclic) bond motifs is 1. The monoisotopic (exact) mass is 227 g/mol. The van der Waals surface area contributed by atoms with E-state index in [4.69, 9.17) is 4.74 Å². The Morgan fingerprint density at radius 3 is 3.00 bits per heavy atom. The summed E-state index contributed by atoms with van der Waals surface area (Å²) in [6.45, 7) is 2.22. The van der Waals surface area contributed by atoms with E-state index in [9.17, 15) is 4.39 Å². The minimum absolute atomic E-state index is 0.308. The number of nitrogens with zero attached hydrogens (tertiary/aromatic N) is 1. The van der Waals surface area contributed by atoms with Crippen molar-refractivity contribution in [2.75, 3.05) is 25.2 Å².